The third-order valence-electron chi connectivity index (χ3n) is 3.10. The lowest BCUT2D eigenvalue weighted by atomic mass is 10.0. The fourth-order valence-electron chi connectivity index (χ4n) is 2.23. The van der Waals surface area contributed by atoms with Crippen molar-refractivity contribution in [1.82, 2.24) is 20.1 Å². The van der Waals surface area contributed by atoms with Gasteiger partial charge >= 0.3 is 0 Å². The summed E-state index contributed by atoms with van der Waals surface area (Å²) in [5.41, 5.74) is 5.32. The normalized spacial score (nSPS) is 19.8. The highest BCUT2D eigenvalue weighted by Gasteiger charge is 2.30. The van der Waals surface area contributed by atoms with Crippen molar-refractivity contribution in [3.63, 3.8) is 0 Å². The van der Waals surface area contributed by atoms with E-state index >= 15 is 0 Å². The van der Waals surface area contributed by atoms with E-state index in [1.54, 1.807) is 11.8 Å². The van der Waals surface area contributed by atoms with Crippen LogP contribution in [-0.4, -0.2) is 44.5 Å². The molecule has 7 heteroatoms. The van der Waals surface area contributed by atoms with Crippen LogP contribution in [0.3, 0.4) is 0 Å². The molecule has 1 aromatic rings. The first-order valence-corrected chi connectivity index (χ1v) is 6.04. The second kappa shape index (κ2) is 5.16. The van der Waals surface area contributed by atoms with E-state index in [0.29, 0.717) is 24.6 Å². The molecule has 0 bridgehead atoms. The maximum Gasteiger partial charge on any atom is 0.240 e. The number of nitrogens with one attached hydrogen (secondary N) is 1. The Morgan fingerprint density at radius 3 is 2.89 bits per heavy atom. The van der Waals surface area contributed by atoms with Gasteiger partial charge in [0.1, 0.15) is 11.9 Å². The molecule has 2 amide bonds. The second-order valence-corrected chi connectivity index (χ2v) is 4.51. The van der Waals surface area contributed by atoms with Gasteiger partial charge in [0.2, 0.25) is 11.8 Å². The molecule has 7 nitrogen and oxygen atoms in total. The number of amides is 2. The van der Waals surface area contributed by atoms with E-state index in [-0.39, 0.29) is 12.3 Å². The van der Waals surface area contributed by atoms with E-state index in [1.807, 2.05) is 0 Å². The molecule has 1 fully saturated rings. The van der Waals surface area contributed by atoms with Gasteiger partial charge in [0.15, 0.2) is 5.82 Å². The maximum atomic E-state index is 12.1. The van der Waals surface area contributed by atoms with E-state index in [1.165, 1.54) is 0 Å². The van der Waals surface area contributed by atoms with Crippen molar-refractivity contribution in [2.45, 2.75) is 38.6 Å². The van der Waals surface area contributed by atoms with Crippen LogP contribution in [0.1, 0.15) is 30.9 Å². The first kappa shape index (κ1) is 12.5. The average Bonchev–Trinajstić information content (AvgIpc) is 2.74. The maximum absolute atomic E-state index is 12.1. The van der Waals surface area contributed by atoms with Gasteiger partial charge in [-0.05, 0) is 26.2 Å². The quantitative estimate of drug-likeness (QED) is 0.757. The highest BCUT2D eigenvalue weighted by Crippen LogP contribution is 2.17. The van der Waals surface area contributed by atoms with Crippen LogP contribution in [0.25, 0.3) is 0 Å². The molecule has 1 saturated heterocycles. The van der Waals surface area contributed by atoms with Gasteiger partial charge in [-0.1, -0.05) is 0 Å². The molecule has 0 aromatic carbocycles. The van der Waals surface area contributed by atoms with Crippen molar-refractivity contribution in [2.75, 3.05) is 6.54 Å². The molecular weight excluding hydrogens is 234 g/mol. The average molecular weight is 251 g/mol. The lowest BCUT2D eigenvalue weighted by Gasteiger charge is -2.33. The molecule has 18 heavy (non-hydrogen) atoms. The van der Waals surface area contributed by atoms with E-state index in [0.717, 1.165) is 12.8 Å². The third-order valence-corrected chi connectivity index (χ3v) is 3.10. The van der Waals surface area contributed by atoms with Crippen LogP contribution in [0.15, 0.2) is 0 Å². The van der Waals surface area contributed by atoms with Crippen molar-refractivity contribution < 1.29 is 9.59 Å². The Morgan fingerprint density at radius 2 is 2.28 bits per heavy atom. The number of carbonyl (C=O) groups is 2. The Balaban J connectivity index is 2.04. The molecular formula is C11H17N5O2. The van der Waals surface area contributed by atoms with Gasteiger partial charge in [-0.3, -0.25) is 14.7 Å². The Bertz CT molecular complexity index is 456. The fourth-order valence-corrected chi connectivity index (χ4v) is 2.23. The van der Waals surface area contributed by atoms with Gasteiger partial charge in [0, 0.05) is 6.54 Å². The number of nitrogens with two attached hydrogens (primary N) is 1. The van der Waals surface area contributed by atoms with Crippen molar-refractivity contribution in [2.24, 2.45) is 5.73 Å². The molecule has 1 atom stereocenters. The topological polar surface area (TPSA) is 105 Å². The van der Waals surface area contributed by atoms with E-state index in [4.69, 9.17) is 5.73 Å². The summed E-state index contributed by atoms with van der Waals surface area (Å²) in [6, 6.07) is -0.480. The van der Waals surface area contributed by atoms with E-state index in [9.17, 15) is 9.59 Å². The SMILES string of the molecule is Cc1nc(CC(=O)N2CCCCC2C(N)=O)n[nH]1. The molecule has 98 valence electrons. The van der Waals surface area contributed by atoms with E-state index < -0.39 is 11.9 Å². The first-order chi connectivity index (χ1) is 8.58. The number of hydrogen-bond acceptors (Lipinski definition) is 4. The summed E-state index contributed by atoms with van der Waals surface area (Å²) in [4.78, 5) is 29.1. The first-order valence-electron chi connectivity index (χ1n) is 6.04. The molecule has 1 aromatic heterocycles. The van der Waals surface area contributed by atoms with Gasteiger partial charge in [0.05, 0.1) is 6.42 Å². The molecule has 0 aliphatic carbocycles. The van der Waals surface area contributed by atoms with Crippen molar-refractivity contribution in [1.29, 1.82) is 0 Å². The standard InChI is InChI=1S/C11H17N5O2/c1-7-13-9(15-14-7)6-10(17)16-5-3-2-4-8(16)11(12)18/h8H,2-6H2,1H3,(H2,12,18)(H,13,14,15). The van der Waals surface area contributed by atoms with Crippen LogP contribution in [0, 0.1) is 6.92 Å². The Hall–Kier alpha value is -1.92. The highest BCUT2D eigenvalue weighted by atomic mass is 16.2. The van der Waals surface area contributed by atoms with Gasteiger partial charge in [0.25, 0.3) is 0 Å². The zero-order valence-corrected chi connectivity index (χ0v) is 10.3. The number of rotatable bonds is 3. The van der Waals surface area contributed by atoms with Crippen LogP contribution < -0.4 is 5.73 Å². The predicted octanol–water partition coefficient (Wildman–Crippen LogP) is -0.478. The minimum Gasteiger partial charge on any atom is -0.368 e. The summed E-state index contributed by atoms with van der Waals surface area (Å²) in [6.45, 7) is 2.35. The fraction of sp³-hybridized carbons (Fsp3) is 0.636. The summed E-state index contributed by atoms with van der Waals surface area (Å²) < 4.78 is 0. The Kier molecular flexibility index (Phi) is 3.59. The van der Waals surface area contributed by atoms with Crippen molar-refractivity contribution >= 4 is 11.8 Å². The smallest absolute Gasteiger partial charge is 0.240 e. The molecule has 2 heterocycles. The minimum atomic E-state index is -0.480. The summed E-state index contributed by atoms with van der Waals surface area (Å²) in [5.74, 6) is 0.543. The summed E-state index contributed by atoms with van der Waals surface area (Å²) in [5, 5.41) is 6.61. The lowest BCUT2D eigenvalue weighted by molar-refractivity contribution is -0.140. The van der Waals surface area contributed by atoms with Crippen molar-refractivity contribution in [3.8, 4) is 0 Å². The number of primary amides is 1. The molecule has 2 rings (SSSR count). The molecule has 0 radical (unpaired) electrons. The van der Waals surface area contributed by atoms with Gasteiger partial charge < -0.3 is 10.6 Å². The monoisotopic (exact) mass is 251 g/mol. The number of likely N-dealkylation sites (tertiary alicyclic amines) is 1. The molecule has 1 aliphatic rings. The third kappa shape index (κ3) is 2.66. The van der Waals surface area contributed by atoms with Gasteiger partial charge in [-0.2, -0.15) is 5.10 Å². The summed E-state index contributed by atoms with van der Waals surface area (Å²) >= 11 is 0. The number of H-pyrrole nitrogens is 1. The zero-order chi connectivity index (χ0) is 13.1. The predicted molar refractivity (Wildman–Crippen MR) is 63.4 cm³/mol. The summed E-state index contributed by atoms with van der Waals surface area (Å²) in [6.07, 6.45) is 2.59. The number of piperidine rings is 1. The van der Waals surface area contributed by atoms with Crippen LogP contribution >= 0.6 is 0 Å². The largest absolute Gasteiger partial charge is 0.368 e. The van der Waals surface area contributed by atoms with Crippen LogP contribution in [0.4, 0.5) is 0 Å². The van der Waals surface area contributed by atoms with Gasteiger partial charge in [-0.25, -0.2) is 4.98 Å². The van der Waals surface area contributed by atoms with Crippen LogP contribution in [-0.2, 0) is 16.0 Å². The van der Waals surface area contributed by atoms with E-state index in [2.05, 4.69) is 15.2 Å². The number of nitrogens with zero attached hydrogens (tertiary/aromatic N) is 3. The molecule has 1 aliphatic heterocycles. The number of aryl methyl sites for hydroxylation is 1. The van der Waals surface area contributed by atoms with Crippen LogP contribution in [0.5, 0.6) is 0 Å². The molecule has 0 spiro atoms. The molecule has 1 unspecified atom stereocenters. The Labute approximate surface area is 105 Å². The number of aromatic nitrogens is 3. The number of hydrogen-bond donors (Lipinski definition) is 2. The van der Waals surface area contributed by atoms with Crippen molar-refractivity contribution in [3.05, 3.63) is 11.6 Å². The van der Waals surface area contributed by atoms with Crippen LogP contribution in [0.2, 0.25) is 0 Å². The second-order valence-electron chi connectivity index (χ2n) is 4.51. The summed E-state index contributed by atoms with van der Waals surface area (Å²) in [7, 11) is 0. The minimum absolute atomic E-state index is 0.105. The van der Waals surface area contributed by atoms with Gasteiger partial charge in [-0.15, -0.1) is 0 Å². The molecule has 0 saturated carbocycles. The Morgan fingerprint density at radius 1 is 1.50 bits per heavy atom. The highest BCUT2D eigenvalue weighted by molar-refractivity contribution is 5.87. The lowest BCUT2D eigenvalue weighted by Crippen LogP contribution is -2.51. The number of aromatic amines is 1. The molecule has 3 N–H and O–H groups in total. The number of carbonyl (C=O) groups excluding carboxylic acids is 2. The zero-order valence-electron chi connectivity index (χ0n) is 10.3.